The van der Waals surface area contributed by atoms with E-state index in [2.05, 4.69) is 0 Å². The molecule has 5 nitrogen and oxygen atoms in total. The standard InChI is InChI=1S/C22H25NO4S/c1-28(26,27)19-11-5-7-16(13-19)21(24)23-14-17-8-6-12-22(25,20(17)15-23)18-9-3-2-4-10-18/h2-5,7,9-11,13,17,20,25H,6,8,12,14-15H2,1H3/t17-,20+,22+/m1/s1. The van der Waals surface area contributed by atoms with Gasteiger partial charge >= 0.3 is 0 Å². The van der Waals surface area contributed by atoms with E-state index in [1.807, 2.05) is 30.3 Å². The van der Waals surface area contributed by atoms with Crippen LogP contribution >= 0.6 is 0 Å². The topological polar surface area (TPSA) is 74.7 Å². The number of hydrogen-bond donors (Lipinski definition) is 1. The highest BCUT2D eigenvalue weighted by atomic mass is 32.2. The van der Waals surface area contributed by atoms with Crippen molar-refractivity contribution in [2.45, 2.75) is 29.8 Å². The van der Waals surface area contributed by atoms with E-state index in [0.29, 0.717) is 25.1 Å². The van der Waals surface area contributed by atoms with Crippen molar-refractivity contribution in [3.05, 3.63) is 65.7 Å². The molecular formula is C22H25NO4S. The van der Waals surface area contributed by atoms with Crippen LogP contribution in [0.15, 0.2) is 59.5 Å². The van der Waals surface area contributed by atoms with Crippen LogP contribution < -0.4 is 0 Å². The van der Waals surface area contributed by atoms with Crippen LogP contribution in [0.25, 0.3) is 0 Å². The molecule has 148 valence electrons. The Labute approximate surface area is 165 Å². The maximum atomic E-state index is 13.1. The van der Waals surface area contributed by atoms with Gasteiger partial charge < -0.3 is 10.0 Å². The molecule has 1 saturated heterocycles. The minimum atomic E-state index is -3.37. The van der Waals surface area contributed by atoms with Gasteiger partial charge in [-0.1, -0.05) is 36.4 Å². The molecule has 1 aliphatic heterocycles. The monoisotopic (exact) mass is 399 g/mol. The largest absolute Gasteiger partial charge is 0.385 e. The lowest BCUT2D eigenvalue weighted by Gasteiger charge is -2.41. The highest BCUT2D eigenvalue weighted by Gasteiger charge is 2.50. The van der Waals surface area contributed by atoms with Crippen LogP contribution in [0.4, 0.5) is 0 Å². The molecule has 2 fully saturated rings. The van der Waals surface area contributed by atoms with Gasteiger partial charge in [-0.05, 0) is 48.9 Å². The minimum Gasteiger partial charge on any atom is -0.385 e. The van der Waals surface area contributed by atoms with E-state index < -0.39 is 15.4 Å². The molecule has 0 bridgehead atoms. The number of carbonyl (C=O) groups is 1. The molecule has 0 unspecified atom stereocenters. The quantitative estimate of drug-likeness (QED) is 0.861. The molecule has 1 amide bonds. The summed E-state index contributed by atoms with van der Waals surface area (Å²) in [5.41, 5.74) is 0.372. The normalized spacial score (nSPS) is 27.4. The first kappa shape index (κ1) is 19.2. The Morgan fingerprint density at radius 3 is 2.57 bits per heavy atom. The van der Waals surface area contributed by atoms with Crippen LogP contribution in [-0.4, -0.2) is 43.7 Å². The molecule has 0 aromatic heterocycles. The van der Waals surface area contributed by atoms with Gasteiger partial charge in [0.1, 0.15) is 0 Å². The maximum Gasteiger partial charge on any atom is 0.253 e. The molecule has 2 aliphatic rings. The molecule has 3 atom stereocenters. The predicted octanol–water partition coefficient (Wildman–Crippen LogP) is 2.85. The van der Waals surface area contributed by atoms with Crippen molar-refractivity contribution in [1.82, 2.24) is 4.90 Å². The molecular weight excluding hydrogens is 374 g/mol. The maximum absolute atomic E-state index is 13.1. The van der Waals surface area contributed by atoms with Gasteiger partial charge in [-0.15, -0.1) is 0 Å². The van der Waals surface area contributed by atoms with Gasteiger partial charge in [-0.3, -0.25) is 4.79 Å². The summed E-state index contributed by atoms with van der Waals surface area (Å²) >= 11 is 0. The van der Waals surface area contributed by atoms with E-state index in [9.17, 15) is 18.3 Å². The average molecular weight is 400 g/mol. The molecule has 0 radical (unpaired) electrons. The fourth-order valence-corrected chi connectivity index (χ4v) is 5.48. The number of benzene rings is 2. The van der Waals surface area contributed by atoms with Gasteiger partial charge in [0.25, 0.3) is 5.91 Å². The Balaban J connectivity index is 1.60. The summed E-state index contributed by atoms with van der Waals surface area (Å²) in [5.74, 6) is 0.0713. The second kappa shape index (κ2) is 7.01. The highest BCUT2D eigenvalue weighted by molar-refractivity contribution is 7.90. The first-order valence-corrected chi connectivity index (χ1v) is 11.6. The van der Waals surface area contributed by atoms with Crippen LogP contribution in [0.1, 0.15) is 35.2 Å². The minimum absolute atomic E-state index is 0.00862. The zero-order valence-electron chi connectivity index (χ0n) is 15.9. The van der Waals surface area contributed by atoms with Crippen molar-refractivity contribution in [3.8, 4) is 0 Å². The summed E-state index contributed by atoms with van der Waals surface area (Å²) < 4.78 is 23.6. The third kappa shape index (κ3) is 3.35. The Morgan fingerprint density at radius 2 is 1.86 bits per heavy atom. The summed E-state index contributed by atoms with van der Waals surface area (Å²) in [6, 6.07) is 15.9. The zero-order valence-corrected chi connectivity index (χ0v) is 16.7. The number of aliphatic hydroxyl groups is 1. The van der Waals surface area contributed by atoms with E-state index >= 15 is 0 Å². The Kier molecular flexibility index (Phi) is 4.79. The van der Waals surface area contributed by atoms with Crippen molar-refractivity contribution < 1.29 is 18.3 Å². The lowest BCUT2D eigenvalue weighted by Crippen LogP contribution is -2.42. The number of rotatable bonds is 3. The number of hydrogen-bond acceptors (Lipinski definition) is 4. The predicted molar refractivity (Wildman–Crippen MR) is 107 cm³/mol. The zero-order chi connectivity index (χ0) is 19.9. The second-order valence-corrected chi connectivity index (χ2v) is 10.1. The summed E-state index contributed by atoms with van der Waals surface area (Å²) in [6.45, 7) is 1.08. The Hall–Kier alpha value is -2.18. The number of nitrogens with zero attached hydrogens (tertiary/aromatic N) is 1. The summed E-state index contributed by atoms with van der Waals surface area (Å²) in [6.07, 6.45) is 3.76. The van der Waals surface area contributed by atoms with Crippen LogP contribution in [0.3, 0.4) is 0 Å². The van der Waals surface area contributed by atoms with Gasteiger partial charge in [-0.2, -0.15) is 0 Å². The van der Waals surface area contributed by atoms with Crippen molar-refractivity contribution in [2.24, 2.45) is 11.8 Å². The summed E-state index contributed by atoms with van der Waals surface area (Å²) in [5, 5.41) is 11.5. The van der Waals surface area contributed by atoms with E-state index in [0.717, 1.165) is 24.7 Å². The van der Waals surface area contributed by atoms with Gasteiger partial charge in [0.05, 0.1) is 10.5 Å². The number of fused-ring (bicyclic) bond motifs is 1. The molecule has 1 heterocycles. The second-order valence-electron chi connectivity index (χ2n) is 8.06. The third-order valence-corrected chi connectivity index (χ3v) is 7.37. The fraction of sp³-hybridized carbons (Fsp3) is 0.409. The van der Waals surface area contributed by atoms with Gasteiger partial charge in [0.15, 0.2) is 9.84 Å². The van der Waals surface area contributed by atoms with Gasteiger partial charge in [0.2, 0.25) is 0 Å². The first-order valence-electron chi connectivity index (χ1n) is 9.66. The number of carbonyl (C=O) groups excluding carboxylic acids is 1. The molecule has 6 heteroatoms. The van der Waals surface area contributed by atoms with Crippen molar-refractivity contribution in [3.63, 3.8) is 0 Å². The fourth-order valence-electron chi connectivity index (χ4n) is 4.82. The molecule has 2 aromatic rings. The smallest absolute Gasteiger partial charge is 0.253 e. The summed E-state index contributed by atoms with van der Waals surface area (Å²) in [4.78, 5) is 15.0. The van der Waals surface area contributed by atoms with E-state index in [4.69, 9.17) is 0 Å². The van der Waals surface area contributed by atoms with Crippen LogP contribution in [-0.2, 0) is 15.4 Å². The van der Waals surface area contributed by atoms with Crippen LogP contribution in [0.2, 0.25) is 0 Å². The molecule has 0 spiro atoms. The molecule has 28 heavy (non-hydrogen) atoms. The Bertz CT molecular complexity index is 989. The number of sulfone groups is 1. The molecule has 1 saturated carbocycles. The molecule has 1 aliphatic carbocycles. The molecule has 1 N–H and O–H groups in total. The van der Waals surface area contributed by atoms with Crippen molar-refractivity contribution in [1.29, 1.82) is 0 Å². The Morgan fingerprint density at radius 1 is 1.11 bits per heavy atom. The molecule has 4 rings (SSSR count). The van der Waals surface area contributed by atoms with E-state index in [1.54, 1.807) is 17.0 Å². The van der Waals surface area contributed by atoms with Crippen molar-refractivity contribution in [2.75, 3.05) is 19.3 Å². The lowest BCUT2D eigenvalue weighted by molar-refractivity contribution is -0.0644. The summed E-state index contributed by atoms with van der Waals surface area (Å²) in [7, 11) is -3.37. The van der Waals surface area contributed by atoms with Crippen LogP contribution in [0.5, 0.6) is 0 Å². The average Bonchev–Trinajstić information content (AvgIpc) is 3.13. The van der Waals surface area contributed by atoms with Gasteiger partial charge in [0, 0.05) is 30.8 Å². The van der Waals surface area contributed by atoms with E-state index in [1.165, 1.54) is 12.1 Å². The molecule has 2 aromatic carbocycles. The van der Waals surface area contributed by atoms with E-state index in [-0.39, 0.29) is 22.6 Å². The first-order chi connectivity index (χ1) is 13.3. The number of likely N-dealkylation sites (tertiary alicyclic amines) is 1. The third-order valence-electron chi connectivity index (χ3n) is 6.26. The van der Waals surface area contributed by atoms with Crippen molar-refractivity contribution >= 4 is 15.7 Å². The lowest BCUT2D eigenvalue weighted by atomic mass is 9.67. The SMILES string of the molecule is CS(=O)(=O)c1cccc(C(=O)N2C[C@H]3CCC[C@](O)(c4ccccc4)[C@H]3C2)c1. The highest BCUT2D eigenvalue weighted by Crippen LogP contribution is 2.48. The van der Waals surface area contributed by atoms with Crippen LogP contribution in [0, 0.1) is 11.8 Å². The number of amides is 1. The van der Waals surface area contributed by atoms with Gasteiger partial charge in [-0.25, -0.2) is 8.42 Å².